The molecule has 2 aromatic heterocycles. The molecule has 11 heteroatoms. The van der Waals surface area contributed by atoms with Crippen molar-refractivity contribution in [1.82, 2.24) is 25.3 Å². The monoisotopic (exact) mass is 582 g/mol. The van der Waals surface area contributed by atoms with E-state index in [0.29, 0.717) is 29.9 Å². The summed E-state index contributed by atoms with van der Waals surface area (Å²) < 4.78 is 0. The fourth-order valence-electron chi connectivity index (χ4n) is 6.35. The molecule has 224 valence electrons. The zero-order valence-electron chi connectivity index (χ0n) is 24.7. The topological polar surface area (TPSA) is 127 Å². The second kappa shape index (κ2) is 12.5. The van der Waals surface area contributed by atoms with Gasteiger partial charge in [-0.15, -0.1) is 0 Å². The SMILES string of the molecule is CC(=O)C1=C(C)c2cnc(Nc3ccc(N4CCN(Cc5ccc(C(=O)NO)cc5)CC4)cn3)nc2N(C2CCCC2)C1. The fourth-order valence-corrected chi connectivity index (χ4v) is 6.35. The van der Waals surface area contributed by atoms with Gasteiger partial charge in [0.05, 0.1) is 11.9 Å². The maximum Gasteiger partial charge on any atom is 0.274 e. The van der Waals surface area contributed by atoms with E-state index < -0.39 is 5.91 Å². The number of piperazine rings is 1. The smallest absolute Gasteiger partial charge is 0.274 e. The molecule has 2 fully saturated rings. The second-order valence-electron chi connectivity index (χ2n) is 11.6. The van der Waals surface area contributed by atoms with Crippen LogP contribution in [0.5, 0.6) is 0 Å². The third-order valence-corrected chi connectivity index (χ3v) is 8.87. The van der Waals surface area contributed by atoms with Crippen LogP contribution in [0.25, 0.3) is 5.57 Å². The van der Waals surface area contributed by atoms with Crippen molar-refractivity contribution in [3.8, 4) is 0 Å². The molecule has 3 aliphatic rings. The average molecular weight is 583 g/mol. The minimum Gasteiger partial charge on any atom is -0.368 e. The molecule has 3 N–H and O–H groups in total. The Labute approximate surface area is 251 Å². The number of ketones is 1. The van der Waals surface area contributed by atoms with Crippen LogP contribution in [0.1, 0.15) is 61.0 Å². The van der Waals surface area contributed by atoms with Gasteiger partial charge in [0.2, 0.25) is 5.95 Å². The van der Waals surface area contributed by atoms with Gasteiger partial charge in [-0.3, -0.25) is 19.7 Å². The Morgan fingerprint density at radius 2 is 1.72 bits per heavy atom. The largest absolute Gasteiger partial charge is 0.368 e. The summed E-state index contributed by atoms with van der Waals surface area (Å²) in [5.74, 6) is 1.68. The molecule has 0 unspecified atom stereocenters. The van der Waals surface area contributed by atoms with E-state index in [9.17, 15) is 9.59 Å². The lowest BCUT2D eigenvalue weighted by atomic mass is 9.94. The Kier molecular flexibility index (Phi) is 8.35. The number of amides is 1. The highest BCUT2D eigenvalue weighted by molar-refractivity contribution is 6.04. The van der Waals surface area contributed by atoms with Crippen LogP contribution in [0.3, 0.4) is 0 Å². The van der Waals surface area contributed by atoms with Crippen molar-refractivity contribution >= 4 is 40.5 Å². The number of aromatic nitrogens is 3. The molecule has 6 rings (SSSR count). The van der Waals surface area contributed by atoms with E-state index in [0.717, 1.165) is 79.3 Å². The number of allylic oxidation sites excluding steroid dienone is 1. The van der Waals surface area contributed by atoms with Gasteiger partial charge in [-0.2, -0.15) is 4.98 Å². The Bertz CT molecular complexity index is 1510. The number of nitrogens with zero attached hydrogens (tertiary/aromatic N) is 6. The molecule has 4 heterocycles. The molecule has 43 heavy (non-hydrogen) atoms. The summed E-state index contributed by atoms with van der Waals surface area (Å²) in [6.45, 7) is 8.66. The van der Waals surface area contributed by atoms with Crippen molar-refractivity contribution in [2.75, 3.05) is 47.8 Å². The number of carbonyl (C=O) groups is 2. The quantitative estimate of drug-likeness (QED) is 0.263. The van der Waals surface area contributed by atoms with E-state index in [1.165, 1.54) is 12.8 Å². The number of hydrogen-bond donors (Lipinski definition) is 3. The summed E-state index contributed by atoms with van der Waals surface area (Å²) in [5.41, 5.74) is 7.04. The van der Waals surface area contributed by atoms with Crippen molar-refractivity contribution in [2.24, 2.45) is 0 Å². The molecule has 0 bridgehead atoms. The molecule has 1 amide bonds. The second-order valence-corrected chi connectivity index (χ2v) is 11.6. The number of anilines is 4. The molecule has 1 saturated carbocycles. The molecule has 0 radical (unpaired) electrons. The number of pyridine rings is 1. The third-order valence-electron chi connectivity index (χ3n) is 8.87. The van der Waals surface area contributed by atoms with E-state index in [4.69, 9.17) is 10.2 Å². The number of hydrogen-bond acceptors (Lipinski definition) is 10. The van der Waals surface area contributed by atoms with Crippen LogP contribution in [0.2, 0.25) is 0 Å². The number of nitrogens with one attached hydrogen (secondary N) is 2. The average Bonchev–Trinajstić information content (AvgIpc) is 3.57. The molecule has 3 aromatic rings. The maximum atomic E-state index is 12.4. The zero-order valence-corrected chi connectivity index (χ0v) is 24.7. The molecule has 2 aliphatic heterocycles. The predicted octanol–water partition coefficient (Wildman–Crippen LogP) is 4.18. The Balaban J connectivity index is 1.08. The number of Topliss-reactive ketones (excluding diaryl/α,β-unsaturated/α-hetero) is 1. The minimum atomic E-state index is -0.507. The molecule has 11 nitrogen and oxygen atoms in total. The molecular weight excluding hydrogens is 544 g/mol. The molecular formula is C32H38N8O3. The Hall–Kier alpha value is -4.35. The lowest BCUT2D eigenvalue weighted by molar-refractivity contribution is -0.113. The first kappa shape index (κ1) is 28.8. The Morgan fingerprint density at radius 1 is 0.977 bits per heavy atom. The summed E-state index contributed by atoms with van der Waals surface area (Å²) in [4.78, 5) is 45.1. The first-order valence-corrected chi connectivity index (χ1v) is 15.0. The van der Waals surface area contributed by atoms with Crippen LogP contribution in [0, 0.1) is 0 Å². The van der Waals surface area contributed by atoms with Gasteiger partial charge in [-0.1, -0.05) is 25.0 Å². The van der Waals surface area contributed by atoms with E-state index >= 15 is 0 Å². The Morgan fingerprint density at radius 3 is 2.37 bits per heavy atom. The van der Waals surface area contributed by atoms with Gasteiger partial charge >= 0.3 is 0 Å². The normalized spacial score (nSPS) is 17.7. The zero-order chi connectivity index (χ0) is 29.9. The molecule has 1 aromatic carbocycles. The highest BCUT2D eigenvalue weighted by Crippen LogP contribution is 2.38. The van der Waals surface area contributed by atoms with Crippen LogP contribution in [0.15, 0.2) is 54.4 Å². The summed E-state index contributed by atoms with van der Waals surface area (Å²) in [6.07, 6.45) is 8.36. The minimum absolute atomic E-state index is 0.111. The summed E-state index contributed by atoms with van der Waals surface area (Å²) in [7, 11) is 0. The summed E-state index contributed by atoms with van der Waals surface area (Å²) in [6, 6.07) is 11.7. The van der Waals surface area contributed by atoms with Gasteiger partial charge in [0.25, 0.3) is 5.91 Å². The van der Waals surface area contributed by atoms with Crippen LogP contribution in [-0.2, 0) is 11.3 Å². The van der Waals surface area contributed by atoms with Crippen molar-refractivity contribution in [2.45, 2.75) is 52.1 Å². The van der Waals surface area contributed by atoms with Crippen LogP contribution < -0.4 is 20.6 Å². The number of carbonyl (C=O) groups excluding carboxylic acids is 2. The fraction of sp³-hybridized carbons (Fsp3) is 0.406. The van der Waals surface area contributed by atoms with Crippen molar-refractivity contribution < 1.29 is 14.8 Å². The number of hydroxylamine groups is 1. The lowest BCUT2D eigenvalue weighted by Crippen LogP contribution is -2.46. The van der Waals surface area contributed by atoms with Gasteiger partial charge in [-0.05, 0) is 62.1 Å². The number of fused-ring (bicyclic) bond motifs is 1. The van der Waals surface area contributed by atoms with Crippen molar-refractivity contribution in [3.05, 3.63) is 71.1 Å². The molecule has 0 spiro atoms. The van der Waals surface area contributed by atoms with Crippen molar-refractivity contribution in [3.63, 3.8) is 0 Å². The standard InChI is InChI=1S/C32H38N8O3/c1-21-27-18-34-32(36-30(27)40(20-28(21)22(2)41)25-5-3-4-6-25)35-29-12-11-26(17-33-29)39-15-13-38(14-16-39)19-23-7-9-24(10-8-23)31(42)37-43/h7-12,17-18,25,43H,3-6,13-16,19-20H2,1-2H3,(H,37,42)(H,33,34,35,36). The number of benzene rings is 1. The van der Waals surface area contributed by atoms with Gasteiger partial charge in [0, 0.05) is 68.2 Å². The summed E-state index contributed by atoms with van der Waals surface area (Å²) >= 11 is 0. The van der Waals surface area contributed by atoms with E-state index in [-0.39, 0.29) is 5.78 Å². The van der Waals surface area contributed by atoms with Crippen LogP contribution >= 0.6 is 0 Å². The number of rotatable bonds is 8. The van der Waals surface area contributed by atoms with Gasteiger partial charge in [0.1, 0.15) is 11.6 Å². The molecule has 0 atom stereocenters. The maximum absolute atomic E-state index is 12.4. The first-order valence-electron chi connectivity index (χ1n) is 15.0. The summed E-state index contributed by atoms with van der Waals surface area (Å²) in [5, 5.41) is 12.1. The lowest BCUT2D eigenvalue weighted by Gasteiger charge is -2.36. The van der Waals surface area contributed by atoms with Crippen molar-refractivity contribution in [1.29, 1.82) is 0 Å². The van der Waals surface area contributed by atoms with Gasteiger partial charge in [0.15, 0.2) is 5.78 Å². The van der Waals surface area contributed by atoms with Gasteiger partial charge in [-0.25, -0.2) is 15.4 Å². The van der Waals surface area contributed by atoms with Gasteiger partial charge < -0.3 is 15.1 Å². The highest BCUT2D eigenvalue weighted by atomic mass is 16.5. The first-order chi connectivity index (χ1) is 20.9. The van der Waals surface area contributed by atoms with E-state index in [1.807, 2.05) is 37.5 Å². The molecule has 1 saturated heterocycles. The predicted molar refractivity (Wildman–Crippen MR) is 166 cm³/mol. The molecule has 1 aliphatic carbocycles. The van der Waals surface area contributed by atoms with E-state index in [1.54, 1.807) is 24.5 Å². The van der Waals surface area contributed by atoms with Crippen LogP contribution in [-0.4, -0.2) is 75.5 Å². The van der Waals surface area contributed by atoms with E-state index in [2.05, 4.69) is 36.1 Å². The van der Waals surface area contributed by atoms with Crippen LogP contribution in [0.4, 0.5) is 23.3 Å². The highest BCUT2D eigenvalue weighted by Gasteiger charge is 2.32. The third kappa shape index (κ3) is 6.23.